The molecule has 0 fully saturated rings. The molecule has 0 amide bonds. The normalized spacial score (nSPS) is 12.3. The van der Waals surface area contributed by atoms with Gasteiger partial charge in [-0.3, -0.25) is 4.57 Å². The highest BCUT2D eigenvalue weighted by molar-refractivity contribution is 7.35. The number of nitrogen functional groups attached to an aromatic ring is 4. The molecule has 0 aliphatic heterocycles. The first-order valence-corrected chi connectivity index (χ1v) is 9.57. The maximum atomic E-state index is 14.4. The Balaban J connectivity index is 2.71. The number of halogens is 6. The number of para-hydroxylation sites is 1. The average Bonchev–Trinajstić information content (AvgIpc) is 2.67. The Hall–Kier alpha value is -3.46. The largest absolute Gasteiger partial charge is 0.419 e. The topological polar surface area (TPSA) is 121 Å². The van der Waals surface area contributed by atoms with E-state index in [9.17, 15) is 30.9 Å². The summed E-state index contributed by atoms with van der Waals surface area (Å²) in [5, 5.41) is -0.908. The van der Waals surface area contributed by atoms with Crippen molar-refractivity contribution in [1.29, 1.82) is 0 Å². The predicted octanol–water partition coefficient (Wildman–Crippen LogP) is 5.30. The van der Waals surface area contributed by atoms with Crippen molar-refractivity contribution in [3.63, 3.8) is 0 Å². The molecule has 168 valence electrons. The van der Waals surface area contributed by atoms with Crippen molar-refractivity contribution in [2.75, 3.05) is 22.9 Å². The fourth-order valence-electron chi connectivity index (χ4n) is 3.48. The van der Waals surface area contributed by atoms with Crippen LogP contribution < -0.4 is 28.2 Å². The lowest BCUT2D eigenvalue weighted by molar-refractivity contribution is -0.141. The summed E-state index contributed by atoms with van der Waals surface area (Å²) in [6.07, 6.45) is -10.7. The van der Waals surface area contributed by atoms with Crippen molar-refractivity contribution in [2.24, 2.45) is 0 Å². The molecule has 0 heterocycles. The first kappa shape index (κ1) is 23.2. The SMILES string of the molecule is Nc1cccc(-c2c(C(F)(F)F)c(N)c(P=O)c(-c3cccc(N)c3N)c2C(F)(F)F)c1. The monoisotopic (exact) mass is 472 g/mol. The minimum Gasteiger partial charge on any atom is -0.399 e. The molecule has 3 aromatic carbocycles. The third kappa shape index (κ3) is 3.91. The van der Waals surface area contributed by atoms with Crippen LogP contribution in [0.2, 0.25) is 0 Å². The third-order valence-corrected chi connectivity index (χ3v) is 5.40. The summed E-state index contributed by atoms with van der Waals surface area (Å²) < 4.78 is 97.2. The molecule has 0 bridgehead atoms. The molecule has 3 aromatic rings. The van der Waals surface area contributed by atoms with Gasteiger partial charge >= 0.3 is 12.4 Å². The van der Waals surface area contributed by atoms with E-state index in [1.54, 1.807) is 0 Å². The van der Waals surface area contributed by atoms with E-state index in [0.717, 1.165) is 18.2 Å². The van der Waals surface area contributed by atoms with Crippen LogP contribution in [-0.2, 0) is 16.9 Å². The predicted molar refractivity (Wildman–Crippen MR) is 112 cm³/mol. The third-order valence-electron chi connectivity index (χ3n) is 4.75. The van der Waals surface area contributed by atoms with Gasteiger partial charge in [0.05, 0.1) is 33.5 Å². The summed E-state index contributed by atoms with van der Waals surface area (Å²) in [5.74, 6) is 0. The van der Waals surface area contributed by atoms with Gasteiger partial charge in [-0.15, -0.1) is 0 Å². The zero-order valence-electron chi connectivity index (χ0n) is 16.0. The maximum absolute atomic E-state index is 14.4. The Kier molecular flexibility index (Phi) is 5.73. The molecule has 0 unspecified atom stereocenters. The Morgan fingerprint density at radius 2 is 1.31 bits per heavy atom. The second kappa shape index (κ2) is 7.90. The smallest absolute Gasteiger partial charge is 0.399 e. The van der Waals surface area contributed by atoms with E-state index in [2.05, 4.69) is 0 Å². The fourth-order valence-corrected chi connectivity index (χ4v) is 4.01. The minimum absolute atomic E-state index is 0.0710. The van der Waals surface area contributed by atoms with Crippen LogP contribution in [-0.4, -0.2) is 0 Å². The first-order chi connectivity index (χ1) is 14.8. The maximum Gasteiger partial charge on any atom is 0.419 e. The van der Waals surface area contributed by atoms with E-state index in [1.807, 2.05) is 0 Å². The van der Waals surface area contributed by atoms with Crippen LogP contribution in [0.3, 0.4) is 0 Å². The van der Waals surface area contributed by atoms with E-state index in [1.165, 1.54) is 24.3 Å². The van der Waals surface area contributed by atoms with Crippen LogP contribution >= 0.6 is 8.46 Å². The molecule has 0 aromatic heterocycles. The molecule has 3 rings (SSSR count). The number of hydrogen-bond acceptors (Lipinski definition) is 5. The van der Waals surface area contributed by atoms with Crippen LogP contribution in [0, 0.1) is 0 Å². The molecule has 0 radical (unpaired) electrons. The zero-order chi connectivity index (χ0) is 24.0. The van der Waals surface area contributed by atoms with Crippen LogP contribution in [0.25, 0.3) is 22.3 Å². The van der Waals surface area contributed by atoms with Crippen LogP contribution in [0.4, 0.5) is 49.1 Å². The Labute approximate surface area is 179 Å². The molecule has 0 saturated carbocycles. The number of hydrogen-bond donors (Lipinski definition) is 4. The molecule has 0 spiro atoms. The average molecular weight is 472 g/mol. The van der Waals surface area contributed by atoms with Gasteiger partial charge in [-0.25, -0.2) is 0 Å². The van der Waals surface area contributed by atoms with E-state index in [-0.39, 0.29) is 22.6 Å². The molecule has 0 aliphatic rings. The second-order valence-electron chi connectivity index (χ2n) is 6.78. The van der Waals surface area contributed by atoms with E-state index in [4.69, 9.17) is 22.9 Å². The van der Waals surface area contributed by atoms with Gasteiger partial charge in [0.25, 0.3) is 0 Å². The molecule has 5 nitrogen and oxygen atoms in total. The highest BCUT2D eigenvalue weighted by atomic mass is 31.1. The van der Waals surface area contributed by atoms with E-state index >= 15 is 0 Å². The number of anilines is 4. The fraction of sp³-hybridized carbons (Fsp3) is 0.100. The van der Waals surface area contributed by atoms with Gasteiger partial charge in [0, 0.05) is 22.4 Å². The summed E-state index contributed by atoms with van der Waals surface area (Å²) in [5.41, 5.74) is 14.8. The number of nitrogens with two attached hydrogens (primary N) is 4. The highest BCUT2D eigenvalue weighted by Gasteiger charge is 2.47. The molecular formula is C20H15F6N4OP. The molecule has 0 saturated heterocycles. The highest BCUT2D eigenvalue weighted by Crippen LogP contribution is 2.52. The van der Waals surface area contributed by atoms with Crippen molar-refractivity contribution in [3.05, 3.63) is 53.6 Å². The van der Waals surface area contributed by atoms with Gasteiger partial charge in [-0.2, -0.15) is 26.3 Å². The lowest BCUT2D eigenvalue weighted by atomic mass is 9.85. The number of alkyl halides is 6. The van der Waals surface area contributed by atoms with E-state index < -0.39 is 59.6 Å². The van der Waals surface area contributed by atoms with Crippen molar-refractivity contribution in [3.8, 4) is 22.3 Å². The molecule has 8 N–H and O–H groups in total. The van der Waals surface area contributed by atoms with Crippen molar-refractivity contribution in [1.82, 2.24) is 0 Å². The van der Waals surface area contributed by atoms with Gasteiger partial charge in [-0.1, -0.05) is 24.3 Å². The van der Waals surface area contributed by atoms with Gasteiger partial charge in [-0.05, 0) is 23.8 Å². The van der Waals surface area contributed by atoms with Gasteiger partial charge in [0.2, 0.25) is 0 Å². The molecular weight excluding hydrogens is 457 g/mol. The van der Waals surface area contributed by atoms with Crippen LogP contribution in [0.5, 0.6) is 0 Å². The number of benzene rings is 3. The van der Waals surface area contributed by atoms with Gasteiger partial charge < -0.3 is 22.9 Å². The van der Waals surface area contributed by atoms with E-state index in [0.29, 0.717) is 0 Å². The quantitative estimate of drug-likeness (QED) is 0.234. The minimum atomic E-state index is -5.33. The van der Waals surface area contributed by atoms with Crippen molar-refractivity contribution >= 4 is 36.5 Å². The molecule has 12 heteroatoms. The lowest BCUT2D eigenvalue weighted by Gasteiger charge is -2.26. The summed E-state index contributed by atoms with van der Waals surface area (Å²) in [6, 6.07) is 8.19. The Morgan fingerprint density at radius 1 is 0.719 bits per heavy atom. The van der Waals surface area contributed by atoms with Gasteiger partial charge in [0.1, 0.15) is 0 Å². The molecule has 0 atom stereocenters. The molecule has 0 aliphatic carbocycles. The zero-order valence-corrected chi connectivity index (χ0v) is 16.9. The summed E-state index contributed by atoms with van der Waals surface area (Å²) >= 11 is 0. The molecule has 32 heavy (non-hydrogen) atoms. The van der Waals surface area contributed by atoms with Crippen molar-refractivity contribution in [2.45, 2.75) is 12.4 Å². The number of rotatable bonds is 3. The Bertz CT molecular complexity index is 1220. The first-order valence-electron chi connectivity index (χ1n) is 8.76. The standard InChI is InChI=1S/C20H15F6N4OP/c21-19(22,23)14-12(8-3-1-4-9(27)7-8)15(20(24,25)26)17(30)18(32-31)13(14)10-5-2-6-11(28)16(10)29/h1-7H,27-30H2. The van der Waals surface area contributed by atoms with Crippen LogP contribution in [0.15, 0.2) is 42.5 Å². The van der Waals surface area contributed by atoms with Crippen LogP contribution in [0.1, 0.15) is 11.1 Å². The lowest BCUT2D eigenvalue weighted by Crippen LogP contribution is -2.24. The Morgan fingerprint density at radius 3 is 1.84 bits per heavy atom. The van der Waals surface area contributed by atoms with Crippen molar-refractivity contribution < 1.29 is 30.9 Å². The summed E-state index contributed by atoms with van der Waals surface area (Å²) in [7, 11) is -1.17. The second-order valence-corrected chi connectivity index (χ2v) is 7.41. The summed E-state index contributed by atoms with van der Waals surface area (Å²) in [4.78, 5) is 0. The summed E-state index contributed by atoms with van der Waals surface area (Å²) in [6.45, 7) is 0. The van der Waals surface area contributed by atoms with Gasteiger partial charge in [0.15, 0.2) is 8.46 Å².